The van der Waals surface area contributed by atoms with Gasteiger partial charge in [0, 0.05) is 40.8 Å². The van der Waals surface area contributed by atoms with Crippen LogP contribution in [0.25, 0.3) is 0 Å². The fraction of sp³-hybridized carbons (Fsp3) is 0.520. The third-order valence-electron chi connectivity index (χ3n) is 7.63. The highest BCUT2D eigenvalue weighted by atomic mass is 35.5. The monoisotopic (exact) mass is 477 g/mol. The molecular formula is C25H27ClF3N3O. The quantitative estimate of drug-likeness (QED) is 0.520. The predicted octanol–water partition coefficient (Wildman–Crippen LogP) is 5.89. The lowest BCUT2D eigenvalue weighted by Gasteiger charge is -2.55. The van der Waals surface area contributed by atoms with Gasteiger partial charge in [-0.3, -0.25) is 9.88 Å². The largest absolute Gasteiger partial charge is 0.418 e. The lowest BCUT2D eigenvalue weighted by Crippen LogP contribution is -2.67. The number of rotatable bonds is 6. The highest BCUT2D eigenvalue weighted by Crippen LogP contribution is 2.60. The van der Waals surface area contributed by atoms with E-state index in [1.807, 2.05) is 44.2 Å². The Morgan fingerprint density at radius 2 is 1.85 bits per heavy atom. The molecule has 2 aromatic rings. The van der Waals surface area contributed by atoms with Gasteiger partial charge in [0.05, 0.1) is 12.2 Å². The molecule has 1 aromatic carbocycles. The van der Waals surface area contributed by atoms with Crippen molar-refractivity contribution in [2.75, 3.05) is 19.7 Å². The van der Waals surface area contributed by atoms with Crippen LogP contribution in [-0.4, -0.2) is 41.4 Å². The smallest absolute Gasteiger partial charge is 0.365 e. The highest BCUT2D eigenvalue weighted by molar-refractivity contribution is 6.30. The number of hydrogen-bond donors (Lipinski definition) is 0. The number of aromatic nitrogens is 1. The minimum atomic E-state index is -4.45. The molecule has 0 bridgehead atoms. The summed E-state index contributed by atoms with van der Waals surface area (Å²) in [5.74, 6) is 0. The van der Waals surface area contributed by atoms with E-state index < -0.39 is 22.7 Å². The molecule has 0 saturated carbocycles. The van der Waals surface area contributed by atoms with Crippen LogP contribution in [0.1, 0.15) is 49.9 Å². The average molecular weight is 478 g/mol. The van der Waals surface area contributed by atoms with Gasteiger partial charge in [0.15, 0.2) is 5.60 Å². The molecule has 2 atom stereocenters. The van der Waals surface area contributed by atoms with E-state index in [4.69, 9.17) is 21.6 Å². The van der Waals surface area contributed by atoms with Gasteiger partial charge in [0.1, 0.15) is 6.07 Å². The molecule has 2 aliphatic rings. The zero-order valence-electron chi connectivity index (χ0n) is 18.8. The first-order valence-corrected chi connectivity index (χ1v) is 11.5. The maximum absolute atomic E-state index is 14.5. The normalized spacial score (nSPS) is 26.1. The Morgan fingerprint density at radius 3 is 2.36 bits per heavy atom. The van der Waals surface area contributed by atoms with E-state index in [2.05, 4.69) is 9.88 Å². The van der Waals surface area contributed by atoms with Crippen LogP contribution >= 0.6 is 11.6 Å². The molecule has 1 aromatic heterocycles. The van der Waals surface area contributed by atoms with Crippen molar-refractivity contribution in [3.05, 3.63) is 64.4 Å². The molecule has 0 N–H and O–H groups in total. The molecule has 2 fully saturated rings. The molecule has 33 heavy (non-hydrogen) atoms. The van der Waals surface area contributed by atoms with Crippen molar-refractivity contribution < 1.29 is 17.9 Å². The van der Waals surface area contributed by atoms with Gasteiger partial charge in [-0.15, -0.1) is 0 Å². The minimum absolute atomic E-state index is 0.0213. The van der Waals surface area contributed by atoms with Gasteiger partial charge >= 0.3 is 6.18 Å². The first-order valence-electron chi connectivity index (χ1n) is 11.1. The van der Waals surface area contributed by atoms with Crippen LogP contribution in [0.4, 0.5) is 13.2 Å². The van der Waals surface area contributed by atoms with Crippen molar-refractivity contribution in [3.8, 4) is 6.07 Å². The summed E-state index contributed by atoms with van der Waals surface area (Å²) in [6, 6.07) is 12.9. The summed E-state index contributed by atoms with van der Waals surface area (Å²) in [7, 11) is 0. The number of hydrogen-bond acceptors (Lipinski definition) is 4. The van der Waals surface area contributed by atoms with Crippen molar-refractivity contribution in [2.45, 2.75) is 56.8 Å². The third kappa shape index (κ3) is 4.14. The SMILES string of the molecule is CC(C)(c1ccc(Cl)cc1)N1CC[C@@](CCc2ccc(C#N)cn2)([C@@]2(C(F)(F)F)CCO2)C1. The summed E-state index contributed by atoms with van der Waals surface area (Å²) in [6.45, 7) is 5.01. The van der Waals surface area contributed by atoms with Crippen molar-refractivity contribution in [1.82, 2.24) is 9.88 Å². The van der Waals surface area contributed by atoms with Gasteiger partial charge in [0.25, 0.3) is 0 Å². The van der Waals surface area contributed by atoms with Gasteiger partial charge in [0.2, 0.25) is 0 Å². The summed E-state index contributed by atoms with van der Waals surface area (Å²) in [5, 5.41) is 9.60. The van der Waals surface area contributed by atoms with Crippen LogP contribution in [0.15, 0.2) is 42.6 Å². The molecule has 4 nitrogen and oxygen atoms in total. The number of pyridine rings is 1. The number of nitrogens with zero attached hydrogens (tertiary/aromatic N) is 3. The second-order valence-electron chi connectivity index (χ2n) is 9.59. The van der Waals surface area contributed by atoms with E-state index in [0.717, 1.165) is 5.56 Å². The van der Waals surface area contributed by atoms with E-state index in [1.54, 1.807) is 12.1 Å². The van der Waals surface area contributed by atoms with E-state index >= 15 is 0 Å². The van der Waals surface area contributed by atoms with Crippen molar-refractivity contribution in [1.29, 1.82) is 5.26 Å². The molecule has 0 radical (unpaired) electrons. The fourth-order valence-corrected chi connectivity index (χ4v) is 5.51. The zero-order valence-corrected chi connectivity index (χ0v) is 19.5. The molecule has 3 heterocycles. The molecule has 0 unspecified atom stereocenters. The Balaban J connectivity index is 1.64. The Kier molecular flexibility index (Phi) is 6.24. The molecule has 2 aliphatic heterocycles. The maximum atomic E-state index is 14.5. The summed E-state index contributed by atoms with van der Waals surface area (Å²) < 4.78 is 48.8. The van der Waals surface area contributed by atoms with Crippen LogP contribution in [-0.2, 0) is 16.7 Å². The third-order valence-corrected chi connectivity index (χ3v) is 7.88. The molecule has 0 aliphatic carbocycles. The molecule has 4 rings (SSSR count). The molecular weight excluding hydrogens is 451 g/mol. The number of benzene rings is 1. The summed E-state index contributed by atoms with van der Waals surface area (Å²) >= 11 is 6.04. The van der Waals surface area contributed by atoms with Crippen LogP contribution in [0.2, 0.25) is 5.02 Å². The van der Waals surface area contributed by atoms with Crippen LogP contribution < -0.4 is 0 Å². The van der Waals surface area contributed by atoms with Gasteiger partial charge in [-0.2, -0.15) is 18.4 Å². The molecule has 0 spiro atoms. The minimum Gasteiger partial charge on any atom is -0.365 e. The Labute approximate surface area is 197 Å². The van der Waals surface area contributed by atoms with E-state index in [1.165, 1.54) is 6.20 Å². The second-order valence-corrected chi connectivity index (χ2v) is 10.0. The van der Waals surface area contributed by atoms with Crippen molar-refractivity contribution in [2.24, 2.45) is 5.41 Å². The Bertz CT molecular complexity index is 1030. The molecule has 2 saturated heterocycles. The van der Waals surface area contributed by atoms with Crippen molar-refractivity contribution in [3.63, 3.8) is 0 Å². The van der Waals surface area contributed by atoms with E-state index in [9.17, 15) is 13.2 Å². The fourth-order valence-electron chi connectivity index (χ4n) is 5.38. The van der Waals surface area contributed by atoms with Crippen LogP contribution in [0, 0.1) is 16.7 Å². The number of alkyl halides is 3. The molecule has 8 heteroatoms. The predicted molar refractivity (Wildman–Crippen MR) is 120 cm³/mol. The number of ether oxygens (including phenoxy) is 1. The summed E-state index contributed by atoms with van der Waals surface area (Å²) in [4.78, 5) is 6.42. The van der Waals surface area contributed by atoms with E-state index in [-0.39, 0.29) is 19.6 Å². The summed E-state index contributed by atoms with van der Waals surface area (Å²) in [5.41, 5.74) is -1.57. The lowest BCUT2D eigenvalue weighted by atomic mass is 9.63. The first kappa shape index (κ1) is 24.0. The van der Waals surface area contributed by atoms with Gasteiger partial charge < -0.3 is 4.74 Å². The van der Waals surface area contributed by atoms with Crippen LogP contribution in [0.3, 0.4) is 0 Å². The Morgan fingerprint density at radius 1 is 1.15 bits per heavy atom. The first-order chi connectivity index (χ1) is 15.5. The standard InChI is InChI=1S/C25H27ClF3N3O/c1-22(2,19-4-6-20(26)7-5-19)32-13-11-23(17-32,24(12-14-33-24)25(27,28)29)10-9-21-8-3-18(15-30)16-31-21/h3-8,16H,9-14,17H2,1-2H3/t23-,24-/m1/s1. The highest BCUT2D eigenvalue weighted by Gasteiger charge is 2.72. The summed E-state index contributed by atoms with van der Waals surface area (Å²) in [6.07, 6.45) is -1.93. The molecule has 0 amide bonds. The second kappa shape index (κ2) is 8.57. The number of aryl methyl sites for hydroxylation is 1. The maximum Gasteiger partial charge on any atom is 0.418 e. The van der Waals surface area contributed by atoms with Crippen molar-refractivity contribution >= 4 is 11.6 Å². The van der Waals surface area contributed by atoms with Gasteiger partial charge in [-0.05, 0) is 69.5 Å². The van der Waals surface area contributed by atoms with E-state index in [0.29, 0.717) is 42.1 Å². The van der Waals surface area contributed by atoms with Gasteiger partial charge in [-0.25, -0.2) is 0 Å². The number of nitriles is 1. The van der Waals surface area contributed by atoms with Crippen LogP contribution in [0.5, 0.6) is 0 Å². The zero-order chi connectivity index (χ0) is 23.9. The average Bonchev–Trinajstić information content (AvgIpc) is 3.17. The molecule has 176 valence electrons. The Hall–Kier alpha value is -2.14. The lowest BCUT2D eigenvalue weighted by molar-refractivity contribution is -0.366. The van der Waals surface area contributed by atoms with Gasteiger partial charge in [-0.1, -0.05) is 23.7 Å². The number of halogens is 4. The topological polar surface area (TPSA) is 49.2 Å². The number of likely N-dealkylation sites (tertiary alicyclic amines) is 1.